The van der Waals surface area contributed by atoms with Crippen LogP contribution >= 0.6 is 11.8 Å². The van der Waals surface area contributed by atoms with Crippen LogP contribution in [0.25, 0.3) is 0 Å². The number of rotatable bonds is 6. The highest BCUT2D eigenvalue weighted by Gasteiger charge is 2.32. The second kappa shape index (κ2) is 8.43. The lowest BCUT2D eigenvalue weighted by Crippen LogP contribution is -2.45. The van der Waals surface area contributed by atoms with Gasteiger partial charge in [0.25, 0.3) is 5.76 Å². The molecule has 24 heavy (non-hydrogen) atoms. The first-order valence-electron chi connectivity index (χ1n) is 7.67. The Balaban J connectivity index is 1.89. The number of likely N-dealkylation sites (N-methyl/N-ethyl adjacent to an activating group) is 1. The average molecular weight is 357 g/mol. The van der Waals surface area contributed by atoms with E-state index in [9.17, 15) is 18.4 Å². The predicted octanol–water partition coefficient (Wildman–Crippen LogP) is 2.49. The molecule has 1 aliphatic rings. The summed E-state index contributed by atoms with van der Waals surface area (Å²) in [7, 11) is 3.41. The minimum absolute atomic E-state index is 0.00803. The van der Waals surface area contributed by atoms with Crippen molar-refractivity contribution in [2.45, 2.75) is 29.5 Å². The highest BCUT2D eigenvalue weighted by Crippen LogP contribution is 2.26. The van der Waals surface area contributed by atoms with E-state index in [2.05, 4.69) is 5.32 Å². The number of carbonyl (C=O) groups is 2. The molecular formula is C16H21F2N3O2S. The number of carbonyl (C=O) groups excluding carboxylic acids is 2. The van der Waals surface area contributed by atoms with Crippen molar-refractivity contribution >= 4 is 29.3 Å². The lowest BCUT2D eigenvalue weighted by atomic mass is 10.2. The molecule has 1 saturated heterocycles. The van der Waals surface area contributed by atoms with Crippen molar-refractivity contribution in [3.63, 3.8) is 0 Å². The smallest absolute Gasteiger partial charge is 0.288 e. The maximum Gasteiger partial charge on any atom is 0.288 e. The van der Waals surface area contributed by atoms with Crippen molar-refractivity contribution < 1.29 is 18.4 Å². The molecule has 1 aromatic rings. The second-order valence-corrected chi connectivity index (χ2v) is 6.88. The minimum Gasteiger partial charge on any atom is -0.347 e. The largest absolute Gasteiger partial charge is 0.347 e. The lowest BCUT2D eigenvalue weighted by Gasteiger charge is -2.25. The molecule has 0 spiro atoms. The predicted molar refractivity (Wildman–Crippen MR) is 90.2 cm³/mol. The highest BCUT2D eigenvalue weighted by atomic mass is 32.2. The van der Waals surface area contributed by atoms with Gasteiger partial charge in [-0.25, -0.2) is 0 Å². The monoisotopic (exact) mass is 357 g/mol. The molecule has 0 aromatic heterocycles. The summed E-state index contributed by atoms with van der Waals surface area (Å²) in [5.41, 5.74) is 0.549. The maximum atomic E-state index is 12.3. The van der Waals surface area contributed by atoms with Crippen molar-refractivity contribution in [3.05, 3.63) is 24.3 Å². The standard InChI is InChI=1S/C16H21F2N3O2S/c1-20(2)15(23)13-4-3-9-21(13)10-14(22)19-11-5-7-12(8-6-11)24-16(17)18/h5-8,13,16H,3-4,9-10H2,1-2H3,(H,19,22). The molecule has 0 aliphatic carbocycles. The summed E-state index contributed by atoms with van der Waals surface area (Å²) in [4.78, 5) is 28.1. The van der Waals surface area contributed by atoms with E-state index in [1.54, 1.807) is 43.3 Å². The molecular weight excluding hydrogens is 336 g/mol. The number of nitrogens with one attached hydrogen (secondary N) is 1. The van der Waals surface area contributed by atoms with Crippen molar-refractivity contribution in [2.24, 2.45) is 0 Å². The molecule has 0 bridgehead atoms. The van der Waals surface area contributed by atoms with Gasteiger partial charge in [0.2, 0.25) is 11.8 Å². The van der Waals surface area contributed by atoms with E-state index in [1.165, 1.54) is 0 Å². The fraction of sp³-hybridized carbons (Fsp3) is 0.500. The van der Waals surface area contributed by atoms with E-state index in [0.717, 1.165) is 12.8 Å². The fourth-order valence-electron chi connectivity index (χ4n) is 2.70. The van der Waals surface area contributed by atoms with Crippen molar-refractivity contribution in [2.75, 3.05) is 32.5 Å². The molecule has 1 heterocycles. The molecule has 1 N–H and O–H groups in total. The Labute approximate surface area is 144 Å². The van der Waals surface area contributed by atoms with Gasteiger partial charge in [-0.15, -0.1) is 0 Å². The van der Waals surface area contributed by atoms with Gasteiger partial charge in [-0.3, -0.25) is 14.5 Å². The van der Waals surface area contributed by atoms with E-state index >= 15 is 0 Å². The normalized spacial score (nSPS) is 18.0. The topological polar surface area (TPSA) is 52.7 Å². The van der Waals surface area contributed by atoms with E-state index in [0.29, 0.717) is 28.9 Å². The first kappa shape index (κ1) is 18.7. The molecule has 2 amide bonds. The molecule has 1 unspecified atom stereocenters. The second-order valence-electron chi connectivity index (χ2n) is 5.81. The van der Waals surface area contributed by atoms with Crippen LogP contribution in [0.4, 0.5) is 14.5 Å². The Morgan fingerprint density at radius 1 is 1.33 bits per heavy atom. The highest BCUT2D eigenvalue weighted by molar-refractivity contribution is 7.99. The van der Waals surface area contributed by atoms with Crippen molar-refractivity contribution in [3.8, 4) is 0 Å². The molecule has 1 fully saturated rings. The Hall–Kier alpha value is -1.67. The molecule has 1 aliphatic heterocycles. The van der Waals surface area contributed by atoms with Crippen LogP contribution in [0.2, 0.25) is 0 Å². The van der Waals surface area contributed by atoms with Gasteiger partial charge in [0.15, 0.2) is 0 Å². The number of alkyl halides is 2. The molecule has 8 heteroatoms. The van der Waals surface area contributed by atoms with Gasteiger partial charge < -0.3 is 10.2 Å². The van der Waals surface area contributed by atoms with Crippen LogP contribution in [0.15, 0.2) is 29.2 Å². The number of hydrogen-bond donors (Lipinski definition) is 1. The maximum absolute atomic E-state index is 12.3. The fourth-order valence-corrected chi connectivity index (χ4v) is 3.20. The molecule has 1 atom stereocenters. The number of anilines is 1. The summed E-state index contributed by atoms with van der Waals surface area (Å²) in [6.07, 6.45) is 1.64. The molecule has 1 aromatic carbocycles. The molecule has 132 valence electrons. The van der Waals surface area contributed by atoms with Crippen LogP contribution in [0, 0.1) is 0 Å². The van der Waals surface area contributed by atoms with Gasteiger partial charge in [0, 0.05) is 24.7 Å². The summed E-state index contributed by atoms with van der Waals surface area (Å²) < 4.78 is 24.5. The van der Waals surface area contributed by atoms with E-state index in [1.807, 2.05) is 4.90 Å². The van der Waals surface area contributed by atoms with Crippen molar-refractivity contribution in [1.29, 1.82) is 0 Å². The van der Waals surface area contributed by atoms with Gasteiger partial charge in [-0.2, -0.15) is 8.78 Å². The van der Waals surface area contributed by atoms with E-state index < -0.39 is 5.76 Å². The average Bonchev–Trinajstić information content (AvgIpc) is 2.95. The van der Waals surface area contributed by atoms with Gasteiger partial charge in [-0.1, -0.05) is 11.8 Å². The summed E-state index contributed by atoms with van der Waals surface area (Å²) in [6, 6.07) is 6.02. The van der Waals surface area contributed by atoms with Crippen LogP contribution in [-0.4, -0.2) is 60.6 Å². The first-order chi connectivity index (χ1) is 11.4. The first-order valence-corrected chi connectivity index (χ1v) is 8.54. The number of halogens is 2. The van der Waals surface area contributed by atoms with E-state index in [-0.39, 0.29) is 24.4 Å². The number of likely N-dealkylation sites (tertiary alicyclic amines) is 1. The van der Waals surface area contributed by atoms with Crippen LogP contribution in [0.3, 0.4) is 0 Å². The Kier molecular flexibility index (Phi) is 6.56. The van der Waals surface area contributed by atoms with Gasteiger partial charge in [-0.05, 0) is 43.7 Å². The zero-order valence-corrected chi connectivity index (χ0v) is 14.5. The summed E-state index contributed by atoms with van der Waals surface area (Å²) >= 11 is 0.462. The van der Waals surface area contributed by atoms with Crippen LogP contribution < -0.4 is 5.32 Å². The van der Waals surface area contributed by atoms with Crippen LogP contribution in [0.1, 0.15) is 12.8 Å². The summed E-state index contributed by atoms with van der Waals surface area (Å²) in [6.45, 7) is 0.847. The molecule has 5 nitrogen and oxygen atoms in total. The SMILES string of the molecule is CN(C)C(=O)C1CCCN1CC(=O)Nc1ccc(SC(F)F)cc1. The molecule has 0 saturated carbocycles. The number of hydrogen-bond acceptors (Lipinski definition) is 4. The zero-order chi connectivity index (χ0) is 17.7. The third kappa shape index (κ3) is 5.17. The van der Waals surface area contributed by atoms with Crippen LogP contribution in [-0.2, 0) is 9.59 Å². The third-order valence-electron chi connectivity index (χ3n) is 3.80. The number of nitrogens with zero attached hydrogens (tertiary/aromatic N) is 2. The quantitative estimate of drug-likeness (QED) is 0.795. The van der Waals surface area contributed by atoms with Gasteiger partial charge in [0.05, 0.1) is 12.6 Å². The van der Waals surface area contributed by atoms with Gasteiger partial charge in [0.1, 0.15) is 0 Å². The zero-order valence-electron chi connectivity index (χ0n) is 13.7. The Morgan fingerprint density at radius 2 is 2.00 bits per heavy atom. The Morgan fingerprint density at radius 3 is 2.58 bits per heavy atom. The summed E-state index contributed by atoms with van der Waals surface area (Å²) in [5.74, 6) is -2.68. The number of thioether (sulfide) groups is 1. The van der Waals surface area contributed by atoms with Crippen LogP contribution in [0.5, 0.6) is 0 Å². The molecule has 0 radical (unpaired) electrons. The van der Waals surface area contributed by atoms with Crippen molar-refractivity contribution in [1.82, 2.24) is 9.80 Å². The minimum atomic E-state index is -2.47. The summed E-state index contributed by atoms with van der Waals surface area (Å²) in [5, 5.41) is 2.74. The number of benzene rings is 1. The van der Waals surface area contributed by atoms with Gasteiger partial charge >= 0.3 is 0 Å². The number of amides is 2. The third-order valence-corrected chi connectivity index (χ3v) is 4.52. The lowest BCUT2D eigenvalue weighted by molar-refractivity contribution is -0.133. The van der Waals surface area contributed by atoms with E-state index in [4.69, 9.17) is 0 Å². The Bertz CT molecular complexity index is 581. The molecule has 2 rings (SSSR count).